The SMILES string of the molecule is CNc1cc(-c2ccc3cc(C#N)cnn23)ncc1-c1nnc([C@H]2CC[C@H](CN3CCN(c4ccc([C@@H]5CCC(=O)NC5=O)cn4)CC3)CC2)s1. The van der Waals surface area contributed by atoms with Crippen molar-refractivity contribution in [2.24, 2.45) is 5.92 Å². The number of nitrogens with zero attached hydrogens (tertiary/aromatic N) is 9. The molecule has 1 saturated carbocycles. The first kappa shape index (κ1) is 32.9. The lowest BCUT2D eigenvalue weighted by atomic mass is 9.82. The lowest BCUT2D eigenvalue weighted by Crippen LogP contribution is -2.48. The van der Waals surface area contributed by atoms with Gasteiger partial charge in [-0.3, -0.25) is 24.8 Å². The van der Waals surface area contributed by atoms with Crippen LogP contribution in [0, 0.1) is 17.2 Å². The van der Waals surface area contributed by atoms with Crippen molar-refractivity contribution < 1.29 is 9.59 Å². The maximum Gasteiger partial charge on any atom is 0.234 e. The lowest BCUT2D eigenvalue weighted by Gasteiger charge is -2.38. The van der Waals surface area contributed by atoms with E-state index in [-0.39, 0.29) is 17.7 Å². The van der Waals surface area contributed by atoms with Crippen LogP contribution in [0.5, 0.6) is 0 Å². The number of hydrogen-bond donors (Lipinski definition) is 2. The van der Waals surface area contributed by atoms with E-state index in [9.17, 15) is 14.9 Å². The monoisotopic (exact) mass is 701 g/mol. The number of imide groups is 1. The third kappa shape index (κ3) is 6.79. The molecule has 2 amide bonds. The molecule has 2 aliphatic heterocycles. The highest BCUT2D eigenvalue weighted by atomic mass is 32.1. The second kappa shape index (κ2) is 14.2. The second-order valence-corrected chi connectivity index (χ2v) is 14.7. The number of fused-ring (bicyclic) bond motifs is 1. The highest BCUT2D eigenvalue weighted by molar-refractivity contribution is 7.14. The van der Waals surface area contributed by atoms with E-state index in [1.165, 1.54) is 12.8 Å². The maximum atomic E-state index is 12.2. The Kier molecular flexibility index (Phi) is 9.14. The van der Waals surface area contributed by atoms with Gasteiger partial charge in [-0.05, 0) is 73.9 Å². The fourth-order valence-corrected chi connectivity index (χ4v) is 8.69. The predicted octanol–water partition coefficient (Wildman–Crippen LogP) is 4.84. The summed E-state index contributed by atoms with van der Waals surface area (Å²) in [6.45, 7) is 5.01. The quantitative estimate of drug-likeness (QED) is 0.213. The molecule has 0 spiro atoms. The summed E-state index contributed by atoms with van der Waals surface area (Å²) in [6, 6.07) is 13.9. The number of pyridine rings is 2. The van der Waals surface area contributed by atoms with Crippen LogP contribution in [-0.2, 0) is 9.59 Å². The minimum absolute atomic E-state index is 0.197. The number of carbonyl (C=O) groups excluding carboxylic acids is 2. The summed E-state index contributed by atoms with van der Waals surface area (Å²) in [5.41, 5.74) is 5.72. The van der Waals surface area contributed by atoms with Crippen LogP contribution in [0.3, 0.4) is 0 Å². The van der Waals surface area contributed by atoms with Crippen molar-refractivity contribution in [2.45, 2.75) is 50.4 Å². The zero-order valence-electron chi connectivity index (χ0n) is 28.5. The van der Waals surface area contributed by atoms with Crippen LogP contribution in [0.4, 0.5) is 11.5 Å². The van der Waals surface area contributed by atoms with E-state index in [2.05, 4.69) is 46.8 Å². The fourth-order valence-electron chi connectivity index (χ4n) is 7.65. The number of nitriles is 1. The van der Waals surface area contributed by atoms with Crippen LogP contribution in [0.1, 0.15) is 66.5 Å². The second-order valence-electron chi connectivity index (χ2n) is 13.7. The van der Waals surface area contributed by atoms with Gasteiger partial charge in [-0.1, -0.05) is 17.4 Å². The standard InChI is InChI=1S/C37H39N11O2S/c1-39-30-17-31(32-9-7-27-16-24(18-38)19-42-48(27)32)40-21-29(30)37-45-44-36(51-37)25-4-2-23(3-5-25)22-46-12-14-47(15-13-46)33-10-6-26(20-41-33)28-8-11-34(49)43-35(28)50/h6-7,9-10,16-17,19-21,23,25,28H,2-5,8,11-15,22H2,1H3,(H,39,40)(H,43,49,50)/t23-,25-,28-/m0/s1. The molecule has 14 heteroatoms. The molecule has 260 valence electrons. The van der Waals surface area contributed by atoms with Crippen molar-refractivity contribution in [1.82, 2.24) is 40.0 Å². The molecule has 8 rings (SSSR count). The molecule has 51 heavy (non-hydrogen) atoms. The van der Waals surface area contributed by atoms with Crippen LogP contribution < -0.4 is 15.5 Å². The van der Waals surface area contributed by atoms with Crippen LogP contribution in [-0.4, -0.2) is 86.3 Å². The Morgan fingerprint density at radius 3 is 2.55 bits per heavy atom. The zero-order valence-corrected chi connectivity index (χ0v) is 29.3. The smallest absolute Gasteiger partial charge is 0.234 e. The number of aromatic nitrogens is 6. The van der Waals surface area contributed by atoms with E-state index in [0.29, 0.717) is 30.2 Å². The minimum atomic E-state index is -0.302. The third-order valence-electron chi connectivity index (χ3n) is 10.6. The van der Waals surface area contributed by atoms with Crippen molar-refractivity contribution in [3.63, 3.8) is 0 Å². The Morgan fingerprint density at radius 1 is 0.961 bits per heavy atom. The summed E-state index contributed by atoms with van der Waals surface area (Å²) in [6.07, 6.45) is 10.8. The Labute approximate surface area is 299 Å². The Morgan fingerprint density at radius 2 is 1.80 bits per heavy atom. The molecule has 13 nitrogen and oxygen atoms in total. The van der Waals surface area contributed by atoms with Crippen molar-refractivity contribution in [1.29, 1.82) is 5.26 Å². The maximum absolute atomic E-state index is 12.2. The molecule has 5 aromatic heterocycles. The van der Waals surface area contributed by atoms with E-state index >= 15 is 0 Å². The first-order valence-corrected chi connectivity index (χ1v) is 18.4. The number of amides is 2. The number of carbonyl (C=O) groups is 2. The number of nitrogens with one attached hydrogen (secondary N) is 2. The third-order valence-corrected chi connectivity index (χ3v) is 11.7. The highest BCUT2D eigenvalue weighted by Gasteiger charge is 2.30. The van der Waals surface area contributed by atoms with E-state index in [0.717, 1.165) is 95.1 Å². The van der Waals surface area contributed by atoms with Crippen LogP contribution in [0.2, 0.25) is 0 Å². The lowest BCUT2D eigenvalue weighted by molar-refractivity contribution is -0.134. The summed E-state index contributed by atoms with van der Waals surface area (Å²) in [5.74, 6) is 1.34. The molecule has 3 fully saturated rings. The molecule has 1 aliphatic carbocycles. The van der Waals surface area contributed by atoms with Crippen LogP contribution in [0.25, 0.3) is 27.5 Å². The molecule has 0 radical (unpaired) electrons. The molecule has 2 saturated heterocycles. The summed E-state index contributed by atoms with van der Waals surface area (Å²) in [7, 11) is 1.90. The van der Waals surface area contributed by atoms with Gasteiger partial charge in [-0.15, -0.1) is 10.2 Å². The van der Waals surface area contributed by atoms with Crippen molar-refractivity contribution >= 4 is 40.2 Å². The molecule has 0 bridgehead atoms. The fraction of sp³-hybridized carbons (Fsp3) is 0.405. The largest absolute Gasteiger partial charge is 0.387 e. The summed E-state index contributed by atoms with van der Waals surface area (Å²) in [5, 5.41) is 30.6. The minimum Gasteiger partial charge on any atom is -0.387 e. The molecule has 0 aromatic carbocycles. The average molecular weight is 702 g/mol. The molecule has 3 aliphatic rings. The van der Waals surface area contributed by atoms with Gasteiger partial charge in [0.25, 0.3) is 0 Å². The Balaban J connectivity index is 0.834. The van der Waals surface area contributed by atoms with Crippen molar-refractivity contribution in [2.75, 3.05) is 50.0 Å². The van der Waals surface area contributed by atoms with Gasteiger partial charge in [0.05, 0.1) is 40.1 Å². The molecule has 1 atom stereocenters. The number of rotatable bonds is 8. The summed E-state index contributed by atoms with van der Waals surface area (Å²) >= 11 is 1.67. The molecule has 5 aromatic rings. The molecule has 2 N–H and O–H groups in total. The molecular formula is C37H39N11O2S. The Hall–Kier alpha value is -5.26. The Bertz CT molecular complexity index is 2100. The first-order chi connectivity index (χ1) is 24.9. The number of anilines is 2. The van der Waals surface area contributed by atoms with Gasteiger partial charge in [0.15, 0.2) is 5.01 Å². The predicted molar refractivity (Wildman–Crippen MR) is 194 cm³/mol. The van der Waals surface area contributed by atoms with Crippen LogP contribution in [0.15, 0.2) is 55.0 Å². The number of piperidine rings is 1. The van der Waals surface area contributed by atoms with Gasteiger partial charge in [-0.2, -0.15) is 10.4 Å². The number of piperazine rings is 1. The van der Waals surface area contributed by atoms with Gasteiger partial charge < -0.3 is 10.2 Å². The first-order valence-electron chi connectivity index (χ1n) is 17.6. The van der Waals surface area contributed by atoms with E-state index < -0.39 is 0 Å². The van der Waals surface area contributed by atoms with E-state index in [1.807, 2.05) is 49.6 Å². The van der Waals surface area contributed by atoms with Crippen LogP contribution >= 0.6 is 11.3 Å². The topological polar surface area (TPSA) is 157 Å². The van der Waals surface area contributed by atoms with Gasteiger partial charge in [0, 0.05) is 70.2 Å². The molecule has 7 heterocycles. The van der Waals surface area contributed by atoms with Gasteiger partial charge >= 0.3 is 0 Å². The average Bonchev–Trinajstić information content (AvgIpc) is 3.83. The van der Waals surface area contributed by atoms with E-state index in [1.54, 1.807) is 28.2 Å². The highest BCUT2D eigenvalue weighted by Crippen LogP contribution is 2.40. The normalized spacial score (nSPS) is 21.4. The number of hydrogen-bond acceptors (Lipinski definition) is 12. The molecular weight excluding hydrogens is 663 g/mol. The zero-order chi connectivity index (χ0) is 34.9. The van der Waals surface area contributed by atoms with E-state index in [4.69, 9.17) is 4.98 Å². The summed E-state index contributed by atoms with van der Waals surface area (Å²) < 4.78 is 1.80. The van der Waals surface area contributed by atoms with Gasteiger partial charge in [0.2, 0.25) is 11.8 Å². The van der Waals surface area contributed by atoms with Crippen molar-refractivity contribution in [3.05, 3.63) is 71.1 Å². The van der Waals surface area contributed by atoms with Gasteiger partial charge in [-0.25, -0.2) is 9.50 Å². The van der Waals surface area contributed by atoms with Gasteiger partial charge in [0.1, 0.15) is 16.9 Å². The summed E-state index contributed by atoms with van der Waals surface area (Å²) in [4.78, 5) is 38.1. The van der Waals surface area contributed by atoms with Crippen molar-refractivity contribution in [3.8, 4) is 28.0 Å². The molecule has 0 unspecified atom stereocenters.